The van der Waals surface area contributed by atoms with E-state index in [0.29, 0.717) is 16.2 Å². The minimum atomic E-state index is -4.30. The Morgan fingerprint density at radius 2 is 1.97 bits per heavy atom. The van der Waals surface area contributed by atoms with Crippen molar-refractivity contribution in [3.63, 3.8) is 0 Å². The SMILES string of the molecule is CN(C)S(=O)(=O)NC(=O)c1cc(F)c(Oc2cnc(NC3CC3)c(Cl)c2)c(OC=O)c1F. The summed E-state index contributed by atoms with van der Waals surface area (Å²) in [4.78, 5) is 27.1. The zero-order chi connectivity index (χ0) is 23.6. The number of ether oxygens (including phenoxy) is 2. The lowest BCUT2D eigenvalue weighted by molar-refractivity contribution is -0.121. The van der Waals surface area contributed by atoms with Gasteiger partial charge in [0, 0.05) is 26.2 Å². The molecule has 0 radical (unpaired) electrons. The van der Waals surface area contributed by atoms with E-state index in [4.69, 9.17) is 16.3 Å². The number of rotatable bonds is 9. The fraction of sp³-hybridized carbons (Fsp3) is 0.278. The first-order chi connectivity index (χ1) is 15.0. The number of amides is 1. The van der Waals surface area contributed by atoms with Gasteiger partial charge in [-0.05, 0) is 18.9 Å². The largest absolute Gasteiger partial charge is 0.449 e. The number of aromatic nitrogens is 1. The van der Waals surface area contributed by atoms with Crippen molar-refractivity contribution >= 4 is 40.0 Å². The molecule has 0 saturated heterocycles. The number of pyridine rings is 1. The van der Waals surface area contributed by atoms with Crippen LogP contribution in [0.3, 0.4) is 0 Å². The first-order valence-corrected chi connectivity index (χ1v) is 10.8. The Kier molecular flexibility index (Phi) is 6.81. The number of nitrogens with one attached hydrogen (secondary N) is 2. The Morgan fingerprint density at radius 3 is 2.53 bits per heavy atom. The average molecular weight is 491 g/mol. The molecular weight excluding hydrogens is 474 g/mol. The molecule has 1 aromatic heterocycles. The van der Waals surface area contributed by atoms with E-state index in [2.05, 4.69) is 15.0 Å². The highest BCUT2D eigenvalue weighted by Crippen LogP contribution is 2.39. The minimum absolute atomic E-state index is 0.113. The van der Waals surface area contributed by atoms with E-state index in [0.717, 1.165) is 26.9 Å². The van der Waals surface area contributed by atoms with E-state index < -0.39 is 44.8 Å². The molecule has 3 rings (SSSR count). The van der Waals surface area contributed by atoms with Gasteiger partial charge in [0.1, 0.15) is 11.6 Å². The predicted molar refractivity (Wildman–Crippen MR) is 109 cm³/mol. The van der Waals surface area contributed by atoms with Crippen LogP contribution in [0.25, 0.3) is 0 Å². The normalized spacial score (nSPS) is 13.6. The summed E-state index contributed by atoms with van der Waals surface area (Å²) in [5.41, 5.74) is -1.03. The number of hydrogen-bond donors (Lipinski definition) is 2. The highest BCUT2D eigenvalue weighted by Gasteiger charge is 2.29. The van der Waals surface area contributed by atoms with Gasteiger partial charge in [-0.25, -0.2) is 18.5 Å². The maximum Gasteiger partial charge on any atom is 0.303 e. The molecule has 14 heteroatoms. The summed E-state index contributed by atoms with van der Waals surface area (Å²) in [5, 5.41) is 3.22. The van der Waals surface area contributed by atoms with Crippen molar-refractivity contribution in [1.82, 2.24) is 14.0 Å². The van der Waals surface area contributed by atoms with Crippen LogP contribution >= 0.6 is 11.6 Å². The van der Waals surface area contributed by atoms with Crippen molar-refractivity contribution in [2.24, 2.45) is 0 Å². The van der Waals surface area contributed by atoms with E-state index in [-0.39, 0.29) is 23.3 Å². The molecule has 1 fully saturated rings. The number of anilines is 1. The van der Waals surface area contributed by atoms with Gasteiger partial charge in [-0.15, -0.1) is 0 Å². The minimum Gasteiger partial charge on any atom is -0.449 e. The number of halogens is 3. The monoisotopic (exact) mass is 490 g/mol. The van der Waals surface area contributed by atoms with E-state index in [1.165, 1.54) is 12.3 Å². The van der Waals surface area contributed by atoms with Crippen LogP contribution < -0.4 is 19.5 Å². The molecule has 0 bridgehead atoms. The van der Waals surface area contributed by atoms with Gasteiger partial charge in [-0.3, -0.25) is 9.59 Å². The third kappa shape index (κ3) is 5.23. The van der Waals surface area contributed by atoms with Crippen LogP contribution in [-0.2, 0) is 15.0 Å². The molecule has 32 heavy (non-hydrogen) atoms. The van der Waals surface area contributed by atoms with E-state index in [1.54, 1.807) is 4.72 Å². The van der Waals surface area contributed by atoms with Gasteiger partial charge in [-0.1, -0.05) is 11.6 Å². The summed E-state index contributed by atoms with van der Waals surface area (Å²) in [5.74, 6) is -5.99. The van der Waals surface area contributed by atoms with E-state index >= 15 is 0 Å². The van der Waals surface area contributed by atoms with Gasteiger partial charge in [0.2, 0.25) is 11.5 Å². The molecule has 172 valence electrons. The lowest BCUT2D eigenvalue weighted by Crippen LogP contribution is -2.39. The van der Waals surface area contributed by atoms with Crippen LogP contribution in [0.1, 0.15) is 23.2 Å². The zero-order valence-electron chi connectivity index (χ0n) is 16.7. The molecule has 1 heterocycles. The summed E-state index contributed by atoms with van der Waals surface area (Å²) in [6.07, 6.45) is 3.13. The second-order valence-corrected chi connectivity index (χ2v) is 9.12. The topological polar surface area (TPSA) is 127 Å². The second kappa shape index (κ2) is 9.22. The van der Waals surface area contributed by atoms with Crippen LogP contribution in [-0.4, -0.2) is 50.2 Å². The van der Waals surface area contributed by atoms with Crippen molar-refractivity contribution in [3.8, 4) is 17.2 Å². The molecule has 1 aromatic carbocycles. The van der Waals surface area contributed by atoms with Gasteiger partial charge in [0.25, 0.3) is 12.4 Å². The second-order valence-electron chi connectivity index (χ2n) is 6.83. The standard InChI is InChI=1S/C18H17ClF2N4O6S/c1-25(2)32(28,29)24-18(27)11-6-13(20)15(16(14(11)21)30-8-26)31-10-5-12(19)17(22-7-10)23-9-3-4-9/h5-9H,3-4H2,1-2H3,(H,22,23)(H,24,27). The van der Waals surface area contributed by atoms with Gasteiger partial charge in [0.05, 0.1) is 16.8 Å². The maximum atomic E-state index is 14.9. The Bertz CT molecular complexity index is 1170. The fourth-order valence-corrected chi connectivity index (χ4v) is 3.12. The Hall–Kier alpha value is -3.03. The number of carbonyl (C=O) groups excluding carboxylic acids is 2. The average Bonchev–Trinajstić information content (AvgIpc) is 3.52. The molecule has 2 aromatic rings. The highest BCUT2D eigenvalue weighted by molar-refractivity contribution is 7.87. The van der Waals surface area contributed by atoms with Crippen LogP contribution in [0.5, 0.6) is 17.2 Å². The molecule has 10 nitrogen and oxygen atoms in total. The Labute approximate surface area is 186 Å². The summed E-state index contributed by atoms with van der Waals surface area (Å²) in [6, 6.07) is 1.95. The van der Waals surface area contributed by atoms with Crippen LogP contribution in [0.15, 0.2) is 18.3 Å². The first kappa shape index (κ1) is 23.6. The highest BCUT2D eigenvalue weighted by atomic mass is 35.5. The number of hydrogen-bond acceptors (Lipinski definition) is 8. The Balaban J connectivity index is 1.94. The molecule has 1 amide bonds. The number of benzene rings is 1. The zero-order valence-corrected chi connectivity index (χ0v) is 18.3. The maximum absolute atomic E-state index is 14.9. The molecule has 0 atom stereocenters. The van der Waals surface area contributed by atoms with Crippen LogP contribution in [0.4, 0.5) is 14.6 Å². The molecule has 1 aliphatic rings. The molecule has 1 aliphatic carbocycles. The Morgan fingerprint density at radius 1 is 1.28 bits per heavy atom. The molecular formula is C18H17ClF2N4O6S. The van der Waals surface area contributed by atoms with Crippen molar-refractivity contribution in [1.29, 1.82) is 0 Å². The first-order valence-electron chi connectivity index (χ1n) is 9.00. The van der Waals surface area contributed by atoms with E-state index in [1.807, 2.05) is 0 Å². The lowest BCUT2D eigenvalue weighted by atomic mass is 10.1. The molecule has 0 spiro atoms. The fourth-order valence-electron chi connectivity index (χ4n) is 2.38. The van der Waals surface area contributed by atoms with Crippen molar-refractivity contribution < 1.29 is 36.3 Å². The molecule has 2 N–H and O–H groups in total. The smallest absolute Gasteiger partial charge is 0.303 e. The molecule has 1 saturated carbocycles. The lowest BCUT2D eigenvalue weighted by Gasteiger charge is -2.16. The summed E-state index contributed by atoms with van der Waals surface area (Å²) in [7, 11) is -2.06. The predicted octanol–water partition coefficient (Wildman–Crippen LogP) is 2.45. The molecule has 0 aliphatic heterocycles. The summed E-state index contributed by atoms with van der Waals surface area (Å²) in [6.45, 7) is -0.211. The summed E-state index contributed by atoms with van der Waals surface area (Å²) >= 11 is 6.12. The van der Waals surface area contributed by atoms with Crippen molar-refractivity contribution in [2.75, 3.05) is 19.4 Å². The van der Waals surface area contributed by atoms with Gasteiger partial charge in [-0.2, -0.15) is 12.7 Å². The quantitative estimate of drug-likeness (QED) is 0.513. The van der Waals surface area contributed by atoms with Gasteiger partial charge < -0.3 is 14.8 Å². The number of nitrogens with zero attached hydrogens (tertiary/aromatic N) is 2. The van der Waals surface area contributed by atoms with Gasteiger partial charge >= 0.3 is 10.2 Å². The third-order valence-corrected chi connectivity index (χ3v) is 5.89. The third-order valence-electron chi connectivity index (χ3n) is 4.20. The van der Waals surface area contributed by atoms with Crippen molar-refractivity contribution in [3.05, 3.63) is 40.6 Å². The van der Waals surface area contributed by atoms with E-state index in [9.17, 15) is 26.8 Å². The van der Waals surface area contributed by atoms with Crippen LogP contribution in [0, 0.1) is 11.6 Å². The molecule has 0 unspecified atom stereocenters. The van der Waals surface area contributed by atoms with Crippen LogP contribution in [0.2, 0.25) is 5.02 Å². The summed E-state index contributed by atoms with van der Waals surface area (Å²) < 4.78 is 65.1. The van der Waals surface area contributed by atoms with Gasteiger partial charge in [0.15, 0.2) is 11.6 Å². The van der Waals surface area contributed by atoms with Crippen molar-refractivity contribution in [2.45, 2.75) is 18.9 Å². The number of carbonyl (C=O) groups is 2.